The summed E-state index contributed by atoms with van der Waals surface area (Å²) in [5.41, 5.74) is -1.31. The van der Waals surface area contributed by atoms with E-state index in [1.165, 1.54) is 6.07 Å². The molecule has 0 saturated heterocycles. The number of urea groups is 1. The summed E-state index contributed by atoms with van der Waals surface area (Å²) in [5, 5.41) is 8.30. The fourth-order valence-corrected chi connectivity index (χ4v) is 3.61. The maximum absolute atomic E-state index is 13.2. The van der Waals surface area contributed by atoms with Gasteiger partial charge in [0.05, 0.1) is 11.3 Å². The van der Waals surface area contributed by atoms with Crippen molar-refractivity contribution < 1.29 is 18.0 Å². The van der Waals surface area contributed by atoms with Crippen molar-refractivity contribution in [3.8, 4) is 0 Å². The van der Waals surface area contributed by atoms with E-state index in [2.05, 4.69) is 25.9 Å². The first kappa shape index (κ1) is 22.9. The Bertz CT molecular complexity index is 916. The van der Waals surface area contributed by atoms with Crippen LogP contribution in [-0.4, -0.2) is 42.2 Å². The predicted molar refractivity (Wildman–Crippen MR) is 115 cm³/mol. The second-order valence-corrected chi connectivity index (χ2v) is 8.05. The van der Waals surface area contributed by atoms with Crippen LogP contribution in [0.25, 0.3) is 0 Å². The van der Waals surface area contributed by atoms with Crippen molar-refractivity contribution in [1.29, 1.82) is 0 Å². The molecule has 1 aliphatic rings. The number of carbonyl (C=O) groups is 1. The van der Waals surface area contributed by atoms with Crippen LogP contribution < -0.4 is 20.9 Å². The lowest BCUT2D eigenvalue weighted by atomic mass is 9.91. The normalized spacial score (nSPS) is 18.9. The zero-order valence-corrected chi connectivity index (χ0v) is 17.9. The number of aromatic nitrogens is 2. The summed E-state index contributed by atoms with van der Waals surface area (Å²) in [6.07, 6.45) is -0.0156. The predicted octanol–water partition coefficient (Wildman–Crippen LogP) is 4.76. The van der Waals surface area contributed by atoms with Gasteiger partial charge in [-0.05, 0) is 49.9 Å². The second-order valence-electron chi connectivity index (χ2n) is 7.61. The third-order valence-electron chi connectivity index (χ3n) is 5.03. The second kappa shape index (κ2) is 9.59. The molecule has 0 bridgehead atoms. The van der Waals surface area contributed by atoms with Crippen LogP contribution in [0.2, 0.25) is 5.02 Å². The minimum Gasteiger partial charge on any atom is -0.363 e. The molecule has 168 valence electrons. The van der Waals surface area contributed by atoms with Gasteiger partial charge in [-0.1, -0.05) is 11.6 Å². The minimum absolute atomic E-state index is 0.0517. The summed E-state index contributed by atoms with van der Waals surface area (Å²) in [4.78, 5) is 22.8. The minimum atomic E-state index is -4.62. The molecular formula is C20H24ClF3N6O. The average molecular weight is 457 g/mol. The van der Waals surface area contributed by atoms with Crippen LogP contribution >= 0.6 is 11.6 Å². The SMILES string of the molecule is CN(C)c1ccnc(N[C@H]2CC[C@@H](NC(=O)Nc3ccc(Cl)cc3C(F)(F)F)CC2)n1. The van der Waals surface area contributed by atoms with Crippen LogP contribution in [0, 0.1) is 0 Å². The number of amides is 2. The maximum Gasteiger partial charge on any atom is 0.418 e. The Balaban J connectivity index is 1.51. The van der Waals surface area contributed by atoms with E-state index in [4.69, 9.17) is 11.6 Å². The smallest absolute Gasteiger partial charge is 0.363 e. The van der Waals surface area contributed by atoms with E-state index in [1.807, 2.05) is 25.1 Å². The van der Waals surface area contributed by atoms with Gasteiger partial charge in [-0.15, -0.1) is 0 Å². The molecule has 0 atom stereocenters. The quantitative estimate of drug-likeness (QED) is 0.604. The summed E-state index contributed by atoms with van der Waals surface area (Å²) in [6.45, 7) is 0. The van der Waals surface area contributed by atoms with E-state index in [0.29, 0.717) is 18.8 Å². The first-order chi connectivity index (χ1) is 14.6. The highest BCUT2D eigenvalue weighted by Crippen LogP contribution is 2.36. The van der Waals surface area contributed by atoms with Crippen molar-refractivity contribution in [2.75, 3.05) is 29.6 Å². The van der Waals surface area contributed by atoms with Crippen LogP contribution in [0.3, 0.4) is 0 Å². The summed E-state index contributed by atoms with van der Waals surface area (Å²) in [7, 11) is 3.80. The van der Waals surface area contributed by atoms with Crippen molar-refractivity contribution in [2.24, 2.45) is 0 Å². The molecule has 2 amide bonds. The van der Waals surface area contributed by atoms with E-state index in [1.54, 1.807) is 6.20 Å². The zero-order valence-electron chi connectivity index (χ0n) is 17.1. The van der Waals surface area contributed by atoms with Crippen molar-refractivity contribution >= 4 is 35.1 Å². The van der Waals surface area contributed by atoms with Gasteiger partial charge in [0, 0.05) is 37.4 Å². The standard InChI is InChI=1S/C20H24ClF3N6O/c1-30(2)17-9-10-25-18(29-17)26-13-4-6-14(7-5-13)27-19(31)28-16-8-3-12(21)11-15(16)20(22,23)24/h3,8-11,13-14H,4-7H2,1-2H3,(H,25,26,29)(H2,27,28,31)/t13-,14+. The summed E-state index contributed by atoms with van der Waals surface area (Å²) >= 11 is 5.67. The van der Waals surface area contributed by atoms with E-state index in [9.17, 15) is 18.0 Å². The molecule has 1 aliphatic carbocycles. The van der Waals surface area contributed by atoms with Gasteiger partial charge >= 0.3 is 12.2 Å². The van der Waals surface area contributed by atoms with Gasteiger partial charge in [0.1, 0.15) is 5.82 Å². The van der Waals surface area contributed by atoms with Crippen LogP contribution in [0.4, 0.5) is 35.4 Å². The first-order valence-corrected chi connectivity index (χ1v) is 10.2. The molecule has 0 unspecified atom stereocenters. The molecule has 2 aromatic rings. The largest absolute Gasteiger partial charge is 0.418 e. The van der Waals surface area contributed by atoms with E-state index < -0.39 is 17.8 Å². The van der Waals surface area contributed by atoms with Crippen LogP contribution in [-0.2, 0) is 6.18 Å². The van der Waals surface area contributed by atoms with Gasteiger partial charge in [0.2, 0.25) is 5.95 Å². The molecule has 3 N–H and O–H groups in total. The number of alkyl halides is 3. The Morgan fingerprint density at radius 1 is 1.13 bits per heavy atom. The fraction of sp³-hybridized carbons (Fsp3) is 0.450. The van der Waals surface area contributed by atoms with Gasteiger partial charge in [-0.25, -0.2) is 9.78 Å². The summed E-state index contributed by atoms with van der Waals surface area (Å²) < 4.78 is 39.5. The lowest BCUT2D eigenvalue weighted by molar-refractivity contribution is -0.136. The number of rotatable bonds is 5. The van der Waals surface area contributed by atoms with Gasteiger partial charge in [-0.2, -0.15) is 18.2 Å². The topological polar surface area (TPSA) is 82.2 Å². The van der Waals surface area contributed by atoms with Crippen molar-refractivity contribution in [1.82, 2.24) is 15.3 Å². The third-order valence-corrected chi connectivity index (χ3v) is 5.27. The van der Waals surface area contributed by atoms with Gasteiger partial charge in [-0.3, -0.25) is 0 Å². The number of halogens is 4. The number of nitrogens with zero attached hydrogens (tertiary/aromatic N) is 3. The lowest BCUT2D eigenvalue weighted by Gasteiger charge is -2.30. The van der Waals surface area contributed by atoms with Gasteiger partial charge in [0.25, 0.3) is 0 Å². The first-order valence-electron chi connectivity index (χ1n) is 9.83. The Kier molecular flexibility index (Phi) is 7.09. The molecule has 0 spiro atoms. The van der Waals surface area contributed by atoms with Crippen LogP contribution in [0.5, 0.6) is 0 Å². The summed E-state index contributed by atoms with van der Waals surface area (Å²) in [6, 6.07) is 4.41. The molecule has 3 rings (SSSR count). The highest BCUT2D eigenvalue weighted by Gasteiger charge is 2.34. The third kappa shape index (κ3) is 6.36. The van der Waals surface area contributed by atoms with Crippen molar-refractivity contribution in [3.63, 3.8) is 0 Å². The molecule has 1 aromatic carbocycles. The lowest BCUT2D eigenvalue weighted by Crippen LogP contribution is -2.42. The Morgan fingerprint density at radius 2 is 1.81 bits per heavy atom. The number of hydrogen-bond donors (Lipinski definition) is 3. The Hall–Kier alpha value is -2.75. The van der Waals surface area contributed by atoms with Crippen molar-refractivity contribution in [2.45, 2.75) is 43.9 Å². The molecule has 31 heavy (non-hydrogen) atoms. The molecule has 1 heterocycles. The fourth-order valence-electron chi connectivity index (χ4n) is 3.44. The van der Waals surface area contributed by atoms with E-state index >= 15 is 0 Å². The van der Waals surface area contributed by atoms with Gasteiger partial charge in [0.15, 0.2) is 0 Å². The molecule has 1 fully saturated rings. The highest BCUT2D eigenvalue weighted by atomic mass is 35.5. The van der Waals surface area contributed by atoms with Crippen LogP contribution in [0.15, 0.2) is 30.5 Å². The Labute approximate surface area is 183 Å². The van der Waals surface area contributed by atoms with Crippen molar-refractivity contribution in [3.05, 3.63) is 41.0 Å². The van der Waals surface area contributed by atoms with E-state index in [-0.39, 0.29) is 22.8 Å². The zero-order chi connectivity index (χ0) is 22.6. The van der Waals surface area contributed by atoms with Gasteiger partial charge < -0.3 is 20.9 Å². The Morgan fingerprint density at radius 3 is 2.45 bits per heavy atom. The molecule has 1 aromatic heterocycles. The van der Waals surface area contributed by atoms with Crippen LogP contribution in [0.1, 0.15) is 31.2 Å². The molecule has 11 heteroatoms. The number of nitrogens with one attached hydrogen (secondary N) is 3. The number of hydrogen-bond acceptors (Lipinski definition) is 5. The maximum atomic E-state index is 13.2. The average Bonchev–Trinajstić information content (AvgIpc) is 2.70. The summed E-state index contributed by atoms with van der Waals surface area (Å²) in [5.74, 6) is 1.34. The molecule has 1 saturated carbocycles. The monoisotopic (exact) mass is 456 g/mol. The highest BCUT2D eigenvalue weighted by molar-refractivity contribution is 6.30. The number of anilines is 3. The number of carbonyl (C=O) groups excluding carboxylic acids is 1. The number of benzene rings is 1. The molecule has 7 nitrogen and oxygen atoms in total. The molecule has 0 radical (unpaired) electrons. The molecular weight excluding hydrogens is 433 g/mol. The van der Waals surface area contributed by atoms with E-state index in [0.717, 1.165) is 30.8 Å². The molecule has 0 aliphatic heterocycles.